The molecule has 3 rings (SSSR count). The molecule has 0 spiro atoms. The van der Waals surface area contributed by atoms with Crippen LogP contribution in [0.2, 0.25) is 0 Å². The Kier molecular flexibility index (Phi) is 6.38. The molecule has 1 aliphatic rings. The van der Waals surface area contributed by atoms with Crippen LogP contribution in [0.15, 0.2) is 36.8 Å². The Morgan fingerprint density at radius 1 is 1.06 bits per heavy atom. The van der Waals surface area contributed by atoms with Gasteiger partial charge in [0.1, 0.15) is 11.2 Å². The first-order chi connectivity index (χ1) is 14.4. The molecule has 1 aliphatic carbocycles. The number of ether oxygens (including phenoxy) is 2. The van der Waals surface area contributed by atoms with E-state index >= 15 is 0 Å². The molecule has 168 valence electrons. The summed E-state index contributed by atoms with van der Waals surface area (Å²) in [5, 5.41) is 4.48. The SMILES string of the molecule is CC(C)(C)OC(=O)N(CC1CC(n2cc(-c3ccccn3)cn2)C1)C(=O)OC(C)(C)C. The van der Waals surface area contributed by atoms with Crippen LogP contribution in [-0.2, 0) is 9.47 Å². The summed E-state index contributed by atoms with van der Waals surface area (Å²) in [5.41, 5.74) is 0.450. The molecule has 0 saturated heterocycles. The van der Waals surface area contributed by atoms with Crippen LogP contribution in [0.5, 0.6) is 0 Å². The molecule has 1 saturated carbocycles. The molecule has 1 fully saturated rings. The van der Waals surface area contributed by atoms with Crippen molar-refractivity contribution in [2.75, 3.05) is 6.54 Å². The number of aromatic nitrogens is 3. The van der Waals surface area contributed by atoms with E-state index in [0.717, 1.165) is 29.0 Å². The van der Waals surface area contributed by atoms with Gasteiger partial charge in [0.25, 0.3) is 0 Å². The van der Waals surface area contributed by atoms with Crippen molar-refractivity contribution in [3.8, 4) is 11.3 Å². The standard InChI is InChI=1S/C23H32N4O4/c1-22(2,3)30-20(28)26(21(29)31-23(4,5)6)14-16-11-18(12-16)27-15-17(13-25-27)19-9-7-8-10-24-19/h7-10,13,15-16,18H,11-12,14H2,1-6H3. The van der Waals surface area contributed by atoms with Crippen molar-refractivity contribution >= 4 is 12.2 Å². The Balaban J connectivity index is 1.62. The van der Waals surface area contributed by atoms with E-state index in [2.05, 4.69) is 10.1 Å². The molecule has 0 radical (unpaired) electrons. The number of amides is 2. The van der Waals surface area contributed by atoms with Crippen molar-refractivity contribution in [2.24, 2.45) is 5.92 Å². The zero-order chi connectivity index (χ0) is 22.8. The number of hydrogen-bond donors (Lipinski definition) is 0. The van der Waals surface area contributed by atoms with Crippen LogP contribution >= 0.6 is 0 Å². The summed E-state index contributed by atoms with van der Waals surface area (Å²) >= 11 is 0. The van der Waals surface area contributed by atoms with E-state index < -0.39 is 23.4 Å². The summed E-state index contributed by atoms with van der Waals surface area (Å²) in [7, 11) is 0. The average Bonchev–Trinajstić information content (AvgIpc) is 3.07. The van der Waals surface area contributed by atoms with Crippen LogP contribution in [0.4, 0.5) is 9.59 Å². The molecular formula is C23H32N4O4. The fourth-order valence-electron chi connectivity index (χ4n) is 3.38. The molecule has 0 N–H and O–H groups in total. The van der Waals surface area contributed by atoms with E-state index in [1.165, 1.54) is 0 Å². The minimum atomic E-state index is -0.698. The third kappa shape index (κ3) is 6.29. The van der Waals surface area contributed by atoms with Gasteiger partial charge in [-0.2, -0.15) is 5.10 Å². The lowest BCUT2D eigenvalue weighted by atomic mass is 9.80. The second kappa shape index (κ2) is 8.69. The summed E-state index contributed by atoms with van der Waals surface area (Å²) in [6, 6.07) is 6.00. The molecule has 0 unspecified atom stereocenters. The van der Waals surface area contributed by atoms with Gasteiger partial charge in [0, 0.05) is 24.5 Å². The number of pyridine rings is 1. The minimum absolute atomic E-state index is 0.160. The first-order valence-corrected chi connectivity index (χ1v) is 10.6. The molecule has 2 heterocycles. The first-order valence-electron chi connectivity index (χ1n) is 10.6. The Bertz CT molecular complexity index is 878. The highest BCUT2D eigenvalue weighted by atomic mass is 16.6. The summed E-state index contributed by atoms with van der Waals surface area (Å²) in [5.74, 6) is 0.160. The minimum Gasteiger partial charge on any atom is -0.443 e. The molecule has 0 atom stereocenters. The van der Waals surface area contributed by atoms with Gasteiger partial charge in [-0.1, -0.05) is 6.07 Å². The molecule has 0 aliphatic heterocycles. The maximum Gasteiger partial charge on any atom is 0.419 e. The zero-order valence-electron chi connectivity index (χ0n) is 19.2. The lowest BCUT2D eigenvalue weighted by molar-refractivity contribution is -0.00640. The number of hydrogen-bond acceptors (Lipinski definition) is 6. The molecule has 2 aromatic heterocycles. The Hall–Kier alpha value is -2.90. The van der Waals surface area contributed by atoms with Crippen molar-refractivity contribution in [3.05, 3.63) is 36.8 Å². The van der Waals surface area contributed by atoms with E-state index in [4.69, 9.17) is 9.47 Å². The lowest BCUT2D eigenvalue weighted by Crippen LogP contribution is -2.47. The fraction of sp³-hybridized carbons (Fsp3) is 0.565. The van der Waals surface area contributed by atoms with Crippen LogP contribution in [0.1, 0.15) is 60.4 Å². The van der Waals surface area contributed by atoms with Gasteiger partial charge in [-0.25, -0.2) is 14.5 Å². The number of nitrogens with zero attached hydrogens (tertiary/aromatic N) is 4. The monoisotopic (exact) mass is 428 g/mol. The molecule has 31 heavy (non-hydrogen) atoms. The van der Waals surface area contributed by atoms with Crippen molar-refractivity contribution in [1.82, 2.24) is 19.7 Å². The molecule has 2 amide bonds. The Morgan fingerprint density at radius 3 is 2.19 bits per heavy atom. The van der Waals surface area contributed by atoms with Gasteiger partial charge in [0.05, 0.1) is 17.9 Å². The van der Waals surface area contributed by atoms with E-state index in [9.17, 15) is 9.59 Å². The van der Waals surface area contributed by atoms with E-state index in [0.29, 0.717) is 0 Å². The molecule has 0 aromatic carbocycles. The normalized spacial score (nSPS) is 18.8. The summed E-state index contributed by atoms with van der Waals surface area (Å²) < 4.78 is 12.8. The van der Waals surface area contributed by atoms with E-state index in [1.807, 2.05) is 35.3 Å². The van der Waals surface area contributed by atoms with Crippen molar-refractivity contribution in [1.29, 1.82) is 0 Å². The molecule has 0 bridgehead atoms. The van der Waals surface area contributed by atoms with Crippen LogP contribution in [0.25, 0.3) is 11.3 Å². The van der Waals surface area contributed by atoms with Gasteiger partial charge in [-0.15, -0.1) is 0 Å². The zero-order valence-corrected chi connectivity index (χ0v) is 19.2. The third-order valence-electron chi connectivity index (χ3n) is 4.82. The van der Waals surface area contributed by atoms with Gasteiger partial charge in [-0.3, -0.25) is 9.67 Å². The van der Waals surface area contributed by atoms with Crippen LogP contribution < -0.4 is 0 Å². The number of imide groups is 1. The van der Waals surface area contributed by atoms with Gasteiger partial charge in [0.15, 0.2) is 0 Å². The van der Waals surface area contributed by atoms with Crippen molar-refractivity contribution in [2.45, 2.75) is 71.6 Å². The number of carbonyl (C=O) groups excluding carboxylic acids is 2. The summed E-state index contributed by atoms with van der Waals surface area (Å²) in [6.45, 7) is 10.9. The maximum atomic E-state index is 12.7. The van der Waals surface area contributed by atoms with Crippen molar-refractivity contribution in [3.63, 3.8) is 0 Å². The fourth-order valence-corrected chi connectivity index (χ4v) is 3.38. The maximum absolute atomic E-state index is 12.7. The summed E-state index contributed by atoms with van der Waals surface area (Å²) in [6.07, 6.45) is 5.82. The van der Waals surface area contributed by atoms with Gasteiger partial charge < -0.3 is 9.47 Å². The lowest BCUT2D eigenvalue weighted by Gasteiger charge is -2.38. The van der Waals surface area contributed by atoms with Crippen LogP contribution in [0, 0.1) is 5.92 Å². The second-order valence-corrected chi connectivity index (χ2v) is 9.99. The smallest absolute Gasteiger partial charge is 0.419 e. The largest absolute Gasteiger partial charge is 0.443 e. The Morgan fingerprint density at radius 2 is 1.68 bits per heavy atom. The van der Waals surface area contributed by atoms with Crippen molar-refractivity contribution < 1.29 is 19.1 Å². The molecular weight excluding hydrogens is 396 g/mol. The second-order valence-electron chi connectivity index (χ2n) is 9.99. The van der Waals surface area contributed by atoms with Gasteiger partial charge in [0.2, 0.25) is 0 Å². The van der Waals surface area contributed by atoms with Crippen LogP contribution in [-0.4, -0.2) is 49.6 Å². The summed E-state index contributed by atoms with van der Waals surface area (Å²) in [4.78, 5) is 30.7. The molecule has 2 aromatic rings. The number of carbonyl (C=O) groups is 2. The predicted molar refractivity (Wildman–Crippen MR) is 116 cm³/mol. The average molecular weight is 429 g/mol. The Labute approximate surface area is 183 Å². The topological polar surface area (TPSA) is 86.5 Å². The first kappa shape index (κ1) is 22.8. The molecule has 8 heteroatoms. The highest BCUT2D eigenvalue weighted by molar-refractivity contribution is 5.88. The van der Waals surface area contributed by atoms with Gasteiger partial charge in [-0.05, 0) is 72.4 Å². The quantitative estimate of drug-likeness (QED) is 0.676. The van der Waals surface area contributed by atoms with Crippen LogP contribution in [0.3, 0.4) is 0 Å². The molecule has 8 nitrogen and oxygen atoms in total. The van der Waals surface area contributed by atoms with E-state index in [1.54, 1.807) is 47.7 Å². The highest BCUT2D eigenvalue weighted by Crippen LogP contribution is 2.38. The number of rotatable bonds is 4. The predicted octanol–water partition coefficient (Wildman–Crippen LogP) is 5.07. The van der Waals surface area contributed by atoms with Gasteiger partial charge >= 0.3 is 12.2 Å². The van der Waals surface area contributed by atoms with E-state index in [-0.39, 0.29) is 18.5 Å². The third-order valence-corrected chi connectivity index (χ3v) is 4.82. The highest BCUT2D eigenvalue weighted by Gasteiger charge is 2.38.